The summed E-state index contributed by atoms with van der Waals surface area (Å²) in [6.45, 7) is -1.65. The van der Waals surface area contributed by atoms with Gasteiger partial charge in [-0.3, -0.25) is 4.79 Å². The van der Waals surface area contributed by atoms with Gasteiger partial charge in [0.15, 0.2) is 0 Å². The number of allylic oxidation sites excluding steroid dienone is 1. The van der Waals surface area contributed by atoms with E-state index in [0.29, 0.717) is 6.07 Å². The number of alkyl halides is 9. The van der Waals surface area contributed by atoms with Crippen molar-refractivity contribution in [3.63, 3.8) is 0 Å². The number of nitrogens with one attached hydrogen (secondary N) is 1. The Morgan fingerprint density at radius 3 is 1.97 bits per heavy atom. The molecule has 2 aromatic rings. The number of rotatable bonds is 8. The Morgan fingerprint density at radius 1 is 0.923 bits per heavy atom. The van der Waals surface area contributed by atoms with E-state index in [9.17, 15) is 48.7 Å². The molecular formula is C23H14Cl3F10NOS. The van der Waals surface area contributed by atoms with E-state index in [2.05, 4.69) is 0 Å². The Kier molecular flexibility index (Phi) is 10.7. The topological polar surface area (TPSA) is 29.1 Å². The predicted octanol–water partition coefficient (Wildman–Crippen LogP) is 9.50. The van der Waals surface area contributed by atoms with Crippen molar-refractivity contribution in [1.29, 1.82) is 0 Å². The molecule has 2 rings (SSSR count). The highest BCUT2D eigenvalue weighted by molar-refractivity contribution is 7.80. The van der Waals surface area contributed by atoms with Crippen LogP contribution in [-0.4, -0.2) is 29.7 Å². The van der Waals surface area contributed by atoms with Gasteiger partial charge in [-0.15, -0.1) is 0 Å². The number of amides is 1. The maximum Gasteiger partial charge on any atom is 0.417 e. The minimum absolute atomic E-state index is 0.0361. The van der Waals surface area contributed by atoms with Crippen LogP contribution in [0, 0.1) is 0 Å². The van der Waals surface area contributed by atoms with Gasteiger partial charge < -0.3 is 5.32 Å². The van der Waals surface area contributed by atoms with Gasteiger partial charge in [0, 0.05) is 22.4 Å². The van der Waals surface area contributed by atoms with Crippen molar-refractivity contribution in [3.8, 4) is 0 Å². The smallest absolute Gasteiger partial charge is 0.347 e. The lowest BCUT2D eigenvalue weighted by molar-refractivity contribution is -0.140. The van der Waals surface area contributed by atoms with Crippen LogP contribution >= 0.6 is 47.0 Å². The molecule has 1 unspecified atom stereocenters. The van der Waals surface area contributed by atoms with Gasteiger partial charge in [-0.25, -0.2) is 4.39 Å². The fourth-order valence-electron chi connectivity index (χ4n) is 3.20. The normalized spacial score (nSPS) is 13.8. The van der Waals surface area contributed by atoms with E-state index in [-0.39, 0.29) is 27.2 Å². The predicted molar refractivity (Wildman–Crippen MR) is 131 cm³/mol. The van der Waals surface area contributed by atoms with Crippen LogP contribution in [0.2, 0.25) is 15.1 Å². The van der Waals surface area contributed by atoms with Crippen LogP contribution < -0.4 is 5.32 Å². The Bertz CT molecular complexity index is 1250. The van der Waals surface area contributed by atoms with Crippen molar-refractivity contribution in [1.82, 2.24) is 5.32 Å². The molecular weight excluding hydrogens is 635 g/mol. The van der Waals surface area contributed by atoms with Crippen LogP contribution in [0.5, 0.6) is 0 Å². The summed E-state index contributed by atoms with van der Waals surface area (Å²) < 4.78 is 134. The molecule has 39 heavy (non-hydrogen) atoms. The summed E-state index contributed by atoms with van der Waals surface area (Å²) in [5.41, 5.74) is -3.72. The van der Waals surface area contributed by atoms with Crippen molar-refractivity contribution < 1.29 is 48.7 Å². The van der Waals surface area contributed by atoms with Crippen molar-refractivity contribution >= 4 is 63.6 Å². The number of hydrogen-bond acceptors (Lipinski definition) is 2. The third kappa shape index (κ3) is 9.51. The molecule has 0 aliphatic heterocycles. The first kappa shape index (κ1) is 33.1. The average Bonchev–Trinajstić information content (AvgIpc) is 2.80. The second kappa shape index (κ2) is 12.6. The minimum Gasteiger partial charge on any atom is -0.347 e. The van der Waals surface area contributed by atoms with Crippen LogP contribution in [0.1, 0.15) is 41.0 Å². The lowest BCUT2D eigenvalue weighted by Crippen LogP contribution is -2.33. The van der Waals surface area contributed by atoms with Crippen molar-refractivity contribution in [2.45, 2.75) is 37.3 Å². The third-order valence-electron chi connectivity index (χ3n) is 5.00. The average molecular weight is 649 g/mol. The van der Waals surface area contributed by atoms with Gasteiger partial charge in [0.1, 0.15) is 18.3 Å². The molecule has 1 N–H and O–H groups in total. The van der Waals surface area contributed by atoms with E-state index in [4.69, 9.17) is 47.0 Å². The first-order valence-electron chi connectivity index (χ1n) is 10.4. The highest BCUT2D eigenvalue weighted by Gasteiger charge is 2.41. The van der Waals surface area contributed by atoms with E-state index in [1.165, 1.54) is 5.32 Å². The summed E-state index contributed by atoms with van der Waals surface area (Å²) in [5.74, 6) is -5.47. The second-order valence-corrected chi connectivity index (χ2v) is 9.59. The van der Waals surface area contributed by atoms with E-state index < -0.39 is 82.7 Å². The van der Waals surface area contributed by atoms with Gasteiger partial charge in [-0.1, -0.05) is 59.2 Å². The standard InChI is InChI=1S/C23H14Cl3F10NOS/c24-15-6-11(7-16(25)20(15)26)13(22(31,32)33)8-17(27)10-1-2-12(14(5-10)23(34,35)36)18(39)3-4-19(38)37-9-21(28,29)30/h1-2,5-8,13H,3-4,9H2,(H,37,38)/b17-8-. The zero-order chi connectivity index (χ0) is 29.9. The lowest BCUT2D eigenvalue weighted by Gasteiger charge is -2.19. The van der Waals surface area contributed by atoms with Crippen molar-refractivity contribution in [3.05, 3.63) is 73.7 Å². The molecule has 0 aromatic heterocycles. The molecule has 2 nitrogen and oxygen atoms in total. The Balaban J connectivity index is 2.41. The van der Waals surface area contributed by atoms with E-state index in [1.807, 2.05) is 0 Å². The molecule has 1 atom stereocenters. The molecule has 214 valence electrons. The fourth-order valence-corrected chi connectivity index (χ4v) is 4.09. The van der Waals surface area contributed by atoms with Gasteiger partial charge >= 0.3 is 18.5 Å². The number of hydrogen-bond donors (Lipinski definition) is 1. The van der Waals surface area contributed by atoms with E-state index in [0.717, 1.165) is 18.2 Å². The molecule has 0 radical (unpaired) electrons. The summed E-state index contributed by atoms with van der Waals surface area (Å²) in [6, 6.07) is 3.23. The van der Waals surface area contributed by atoms with Gasteiger partial charge in [0.05, 0.1) is 20.6 Å². The molecule has 0 bridgehead atoms. The second-order valence-electron chi connectivity index (χ2n) is 7.91. The Hall–Kier alpha value is -2.09. The van der Waals surface area contributed by atoms with Crippen molar-refractivity contribution in [2.75, 3.05) is 6.54 Å². The third-order valence-corrected chi connectivity index (χ3v) is 6.62. The summed E-state index contributed by atoms with van der Waals surface area (Å²) >= 11 is 22.1. The zero-order valence-electron chi connectivity index (χ0n) is 18.9. The number of carbonyl (C=O) groups is 1. The molecule has 0 saturated heterocycles. The summed E-state index contributed by atoms with van der Waals surface area (Å²) in [7, 11) is 0. The van der Waals surface area contributed by atoms with Gasteiger partial charge in [-0.2, -0.15) is 39.5 Å². The number of halogens is 13. The molecule has 0 aliphatic carbocycles. The quantitative estimate of drug-likeness (QED) is 0.134. The molecule has 16 heteroatoms. The molecule has 0 fully saturated rings. The summed E-state index contributed by atoms with van der Waals surface area (Å²) in [5, 5.41) is 0.538. The van der Waals surface area contributed by atoms with Gasteiger partial charge in [0.25, 0.3) is 0 Å². The highest BCUT2D eigenvalue weighted by Crippen LogP contribution is 2.43. The molecule has 1 amide bonds. The fraction of sp³-hybridized carbons (Fsp3) is 0.304. The number of thiocarbonyl (C=S) groups is 1. The zero-order valence-corrected chi connectivity index (χ0v) is 22.0. The molecule has 0 spiro atoms. The SMILES string of the molecule is O=C(CCC(=S)c1ccc(/C(F)=C/C(c2cc(Cl)c(Cl)c(Cl)c2)C(F)(F)F)cc1C(F)(F)F)NCC(F)(F)F. The van der Waals surface area contributed by atoms with Crippen LogP contribution in [0.3, 0.4) is 0 Å². The highest BCUT2D eigenvalue weighted by atomic mass is 35.5. The Morgan fingerprint density at radius 2 is 1.49 bits per heavy atom. The van der Waals surface area contributed by atoms with Crippen molar-refractivity contribution in [2.24, 2.45) is 0 Å². The summed E-state index contributed by atoms with van der Waals surface area (Å²) in [6.07, 6.45) is -16.2. The molecule has 0 saturated carbocycles. The summed E-state index contributed by atoms with van der Waals surface area (Å²) in [4.78, 5) is 11.1. The van der Waals surface area contributed by atoms with Gasteiger partial charge in [-0.05, 0) is 36.3 Å². The van der Waals surface area contributed by atoms with Crippen LogP contribution in [0.4, 0.5) is 43.9 Å². The number of carbonyl (C=O) groups excluding carboxylic acids is 1. The van der Waals surface area contributed by atoms with Crippen LogP contribution in [-0.2, 0) is 11.0 Å². The number of benzene rings is 2. The molecule has 0 aliphatic rings. The van der Waals surface area contributed by atoms with E-state index in [1.54, 1.807) is 0 Å². The van der Waals surface area contributed by atoms with Crippen LogP contribution in [0.15, 0.2) is 36.4 Å². The first-order chi connectivity index (χ1) is 17.7. The van der Waals surface area contributed by atoms with Gasteiger partial charge in [0.2, 0.25) is 5.91 Å². The molecule has 2 aromatic carbocycles. The van der Waals surface area contributed by atoms with Crippen LogP contribution in [0.25, 0.3) is 5.83 Å². The largest absolute Gasteiger partial charge is 0.417 e. The first-order valence-corrected chi connectivity index (χ1v) is 11.9. The lowest BCUT2D eigenvalue weighted by atomic mass is 9.94. The Labute approximate surface area is 234 Å². The molecule has 0 heterocycles. The maximum atomic E-state index is 14.9. The maximum absolute atomic E-state index is 14.9. The van der Waals surface area contributed by atoms with E-state index >= 15 is 0 Å². The minimum atomic E-state index is -5.16. The monoisotopic (exact) mass is 647 g/mol.